The van der Waals surface area contributed by atoms with E-state index in [0.29, 0.717) is 17.1 Å². The second-order valence-electron chi connectivity index (χ2n) is 2.23. The molecule has 3 nitrogen and oxygen atoms in total. The molecule has 0 fully saturated rings. The first-order valence-electron chi connectivity index (χ1n) is 3.57. The Hall–Kier alpha value is -0.413. The number of hydrogen-bond acceptors (Lipinski definition) is 3. The molecule has 1 rings (SSSR count). The van der Waals surface area contributed by atoms with Crippen molar-refractivity contribution in [3.8, 4) is 0 Å². The average Bonchev–Trinajstić information content (AvgIpc) is 2.16. The lowest BCUT2D eigenvalue weighted by atomic mass is 10.2. The standard InChI is InChI=1S/C7H11O3PSi/c8-11(10-12)9-6-7-4-2-1-3-5-7/h1-5,11H,6H2,12H3. The van der Waals surface area contributed by atoms with Crippen molar-refractivity contribution in [1.82, 2.24) is 0 Å². The molecule has 0 aliphatic heterocycles. The van der Waals surface area contributed by atoms with Gasteiger partial charge in [0.15, 0.2) is 10.5 Å². The predicted molar refractivity (Wildman–Crippen MR) is 51.3 cm³/mol. The van der Waals surface area contributed by atoms with Gasteiger partial charge in [-0.25, -0.2) is 0 Å². The Kier molecular flexibility index (Phi) is 4.25. The van der Waals surface area contributed by atoms with E-state index in [1.165, 1.54) is 0 Å². The zero-order valence-electron chi connectivity index (χ0n) is 6.82. The maximum absolute atomic E-state index is 10.8. The van der Waals surface area contributed by atoms with E-state index < -0.39 is 8.25 Å². The van der Waals surface area contributed by atoms with Gasteiger partial charge >= 0.3 is 8.25 Å². The highest BCUT2D eigenvalue weighted by atomic mass is 31.1. The van der Waals surface area contributed by atoms with Gasteiger partial charge in [-0.2, -0.15) is 0 Å². The second kappa shape index (κ2) is 5.27. The summed E-state index contributed by atoms with van der Waals surface area (Å²) in [6, 6.07) is 9.59. The molecule has 1 aromatic carbocycles. The monoisotopic (exact) mass is 202 g/mol. The molecule has 0 saturated heterocycles. The summed E-state index contributed by atoms with van der Waals surface area (Å²) in [5, 5.41) is 0. The van der Waals surface area contributed by atoms with E-state index in [0.717, 1.165) is 5.56 Å². The zero-order chi connectivity index (χ0) is 8.81. The summed E-state index contributed by atoms with van der Waals surface area (Å²) in [5.41, 5.74) is 1.01. The molecule has 5 heteroatoms. The van der Waals surface area contributed by atoms with Gasteiger partial charge in [0.05, 0.1) is 6.61 Å². The van der Waals surface area contributed by atoms with Gasteiger partial charge in [-0.15, -0.1) is 0 Å². The van der Waals surface area contributed by atoms with Crippen LogP contribution in [0.15, 0.2) is 30.3 Å². The lowest BCUT2D eigenvalue weighted by Gasteiger charge is -2.01. The smallest absolute Gasteiger partial charge is 0.308 e. The first kappa shape index (κ1) is 9.67. The van der Waals surface area contributed by atoms with Crippen molar-refractivity contribution >= 4 is 18.7 Å². The zero-order valence-corrected chi connectivity index (χ0v) is 9.82. The van der Waals surface area contributed by atoms with Gasteiger partial charge in [-0.3, -0.25) is 4.57 Å². The molecule has 0 saturated carbocycles. The molecule has 0 radical (unpaired) electrons. The van der Waals surface area contributed by atoms with Crippen LogP contribution in [0.25, 0.3) is 0 Å². The Morgan fingerprint density at radius 3 is 2.58 bits per heavy atom. The summed E-state index contributed by atoms with van der Waals surface area (Å²) in [6.45, 7) is 0.362. The van der Waals surface area contributed by atoms with Gasteiger partial charge in [0.1, 0.15) is 0 Å². The third kappa shape index (κ3) is 3.32. The maximum Gasteiger partial charge on any atom is 0.308 e. The Labute approximate surface area is 75.2 Å². The van der Waals surface area contributed by atoms with Crippen molar-refractivity contribution in [2.75, 3.05) is 0 Å². The highest BCUT2D eigenvalue weighted by Gasteiger charge is 1.95. The molecular formula is C7H11O3PSi. The van der Waals surface area contributed by atoms with Crippen LogP contribution in [0.2, 0.25) is 0 Å². The molecule has 1 atom stereocenters. The van der Waals surface area contributed by atoms with Crippen LogP contribution in [-0.4, -0.2) is 10.5 Å². The van der Waals surface area contributed by atoms with Crippen molar-refractivity contribution in [2.45, 2.75) is 6.61 Å². The fourth-order valence-electron chi connectivity index (χ4n) is 0.775. The van der Waals surface area contributed by atoms with Crippen LogP contribution in [0, 0.1) is 0 Å². The molecular weight excluding hydrogens is 191 g/mol. The van der Waals surface area contributed by atoms with Gasteiger partial charge < -0.3 is 8.74 Å². The first-order valence-corrected chi connectivity index (χ1v) is 5.61. The van der Waals surface area contributed by atoms with Gasteiger partial charge in [0.25, 0.3) is 0 Å². The molecule has 1 aromatic rings. The molecule has 0 bridgehead atoms. The van der Waals surface area contributed by atoms with Crippen LogP contribution in [0.1, 0.15) is 5.56 Å². The minimum absolute atomic E-state index is 0.362. The van der Waals surface area contributed by atoms with Crippen LogP contribution >= 0.6 is 8.25 Å². The van der Waals surface area contributed by atoms with E-state index in [4.69, 9.17) is 4.52 Å². The SMILES string of the molecule is O=[PH](O[SiH3])OCc1ccccc1. The van der Waals surface area contributed by atoms with Gasteiger partial charge in [-0.1, -0.05) is 30.3 Å². The first-order chi connectivity index (χ1) is 5.83. The van der Waals surface area contributed by atoms with E-state index in [1.807, 2.05) is 30.3 Å². The molecule has 0 amide bonds. The second-order valence-corrected chi connectivity index (χ2v) is 4.65. The van der Waals surface area contributed by atoms with Crippen LogP contribution < -0.4 is 0 Å². The van der Waals surface area contributed by atoms with Crippen molar-refractivity contribution in [3.63, 3.8) is 0 Å². The highest BCUT2D eigenvalue weighted by molar-refractivity contribution is 7.34. The molecule has 1 unspecified atom stereocenters. The Morgan fingerprint density at radius 2 is 2.00 bits per heavy atom. The summed E-state index contributed by atoms with van der Waals surface area (Å²) < 4.78 is 20.3. The van der Waals surface area contributed by atoms with E-state index in [2.05, 4.69) is 4.21 Å². The molecule has 12 heavy (non-hydrogen) atoms. The van der Waals surface area contributed by atoms with Gasteiger partial charge in [0, 0.05) is 0 Å². The minimum atomic E-state index is -2.21. The quantitative estimate of drug-likeness (QED) is 0.537. The van der Waals surface area contributed by atoms with Crippen LogP contribution in [-0.2, 0) is 19.9 Å². The van der Waals surface area contributed by atoms with E-state index >= 15 is 0 Å². The Bertz CT molecular complexity index is 252. The fourth-order valence-corrected chi connectivity index (χ4v) is 1.53. The summed E-state index contributed by atoms with van der Waals surface area (Å²) in [4.78, 5) is 0. The lowest BCUT2D eigenvalue weighted by molar-refractivity contribution is 0.281. The molecule has 0 spiro atoms. The minimum Gasteiger partial charge on any atom is -0.364 e. The Balaban J connectivity index is 2.38. The summed E-state index contributed by atoms with van der Waals surface area (Å²) in [6.07, 6.45) is 0. The summed E-state index contributed by atoms with van der Waals surface area (Å²) in [5.74, 6) is 0. The lowest BCUT2D eigenvalue weighted by Crippen LogP contribution is -1.85. The van der Waals surface area contributed by atoms with E-state index in [1.54, 1.807) is 0 Å². The topological polar surface area (TPSA) is 35.5 Å². The van der Waals surface area contributed by atoms with Crippen LogP contribution in [0.4, 0.5) is 0 Å². The third-order valence-corrected chi connectivity index (χ3v) is 3.08. The molecule has 0 aromatic heterocycles. The molecule has 0 aliphatic carbocycles. The molecule has 66 valence electrons. The number of benzene rings is 1. The molecule has 0 aliphatic rings. The van der Waals surface area contributed by atoms with Gasteiger partial charge in [0.2, 0.25) is 0 Å². The van der Waals surface area contributed by atoms with Crippen molar-refractivity contribution < 1.29 is 13.3 Å². The van der Waals surface area contributed by atoms with E-state index in [-0.39, 0.29) is 0 Å². The van der Waals surface area contributed by atoms with Crippen molar-refractivity contribution in [3.05, 3.63) is 35.9 Å². The van der Waals surface area contributed by atoms with Crippen LogP contribution in [0.5, 0.6) is 0 Å². The van der Waals surface area contributed by atoms with Crippen molar-refractivity contribution in [2.24, 2.45) is 0 Å². The fraction of sp³-hybridized carbons (Fsp3) is 0.143. The molecule has 0 heterocycles. The molecule has 0 N–H and O–H groups in total. The third-order valence-electron chi connectivity index (χ3n) is 1.37. The van der Waals surface area contributed by atoms with Gasteiger partial charge in [-0.05, 0) is 5.56 Å². The number of hydrogen-bond donors (Lipinski definition) is 0. The highest BCUT2D eigenvalue weighted by Crippen LogP contribution is 2.23. The summed E-state index contributed by atoms with van der Waals surface area (Å²) in [7, 11) is -1.76. The predicted octanol–water partition coefficient (Wildman–Crippen LogP) is 0.890. The summed E-state index contributed by atoms with van der Waals surface area (Å²) >= 11 is 0. The van der Waals surface area contributed by atoms with Crippen LogP contribution in [0.3, 0.4) is 0 Å². The average molecular weight is 202 g/mol. The van der Waals surface area contributed by atoms with Crippen molar-refractivity contribution in [1.29, 1.82) is 0 Å². The largest absolute Gasteiger partial charge is 0.364 e. The maximum atomic E-state index is 10.8. The Morgan fingerprint density at radius 1 is 1.33 bits per heavy atom. The number of rotatable bonds is 4. The normalized spacial score (nSPS) is 13.0. The van der Waals surface area contributed by atoms with E-state index in [9.17, 15) is 4.57 Å².